The summed E-state index contributed by atoms with van der Waals surface area (Å²) in [4.78, 5) is 14.3. The molecular formula is C19H28N2O3. The third-order valence-electron chi connectivity index (χ3n) is 4.83. The van der Waals surface area contributed by atoms with E-state index in [-0.39, 0.29) is 12.1 Å². The van der Waals surface area contributed by atoms with Gasteiger partial charge in [0.05, 0.1) is 18.2 Å². The van der Waals surface area contributed by atoms with Gasteiger partial charge >= 0.3 is 6.03 Å². The topological polar surface area (TPSA) is 61.8 Å². The van der Waals surface area contributed by atoms with E-state index in [4.69, 9.17) is 4.74 Å². The SMILES string of the molecule is CC(C)(O)C1CCCN1C(=O)Nc1cccc(COCC2CC2)c1. The lowest BCUT2D eigenvalue weighted by Gasteiger charge is -2.33. The summed E-state index contributed by atoms with van der Waals surface area (Å²) in [5.74, 6) is 0.752. The quantitative estimate of drug-likeness (QED) is 0.839. The van der Waals surface area contributed by atoms with Gasteiger partial charge in [0.15, 0.2) is 0 Å². The Morgan fingerprint density at radius 1 is 1.38 bits per heavy atom. The van der Waals surface area contributed by atoms with Crippen LogP contribution in [0.2, 0.25) is 0 Å². The van der Waals surface area contributed by atoms with E-state index < -0.39 is 5.60 Å². The summed E-state index contributed by atoms with van der Waals surface area (Å²) in [7, 11) is 0. The Balaban J connectivity index is 1.57. The first-order valence-corrected chi connectivity index (χ1v) is 8.90. The number of hydrogen-bond donors (Lipinski definition) is 2. The number of benzene rings is 1. The fraction of sp³-hybridized carbons (Fsp3) is 0.632. The molecular weight excluding hydrogens is 304 g/mol. The lowest BCUT2D eigenvalue weighted by molar-refractivity contribution is 0.0117. The van der Waals surface area contributed by atoms with Gasteiger partial charge in [-0.1, -0.05) is 12.1 Å². The molecule has 0 bridgehead atoms. The molecule has 5 nitrogen and oxygen atoms in total. The molecule has 5 heteroatoms. The zero-order valence-electron chi connectivity index (χ0n) is 14.6. The van der Waals surface area contributed by atoms with Crippen LogP contribution in [0.5, 0.6) is 0 Å². The van der Waals surface area contributed by atoms with E-state index >= 15 is 0 Å². The summed E-state index contributed by atoms with van der Waals surface area (Å²) in [5.41, 5.74) is 0.953. The minimum absolute atomic E-state index is 0.137. The maximum absolute atomic E-state index is 12.6. The summed E-state index contributed by atoms with van der Waals surface area (Å²) in [6.45, 7) is 5.63. The molecule has 24 heavy (non-hydrogen) atoms. The highest BCUT2D eigenvalue weighted by Gasteiger charge is 2.38. The van der Waals surface area contributed by atoms with Gasteiger partial charge < -0.3 is 20.1 Å². The normalized spacial score (nSPS) is 21.1. The molecule has 2 fully saturated rings. The van der Waals surface area contributed by atoms with Crippen molar-refractivity contribution in [3.63, 3.8) is 0 Å². The molecule has 0 aromatic heterocycles. The molecule has 1 heterocycles. The van der Waals surface area contributed by atoms with Crippen molar-refractivity contribution in [2.24, 2.45) is 5.92 Å². The van der Waals surface area contributed by atoms with Crippen LogP contribution < -0.4 is 5.32 Å². The van der Waals surface area contributed by atoms with Crippen LogP contribution in [0.1, 0.15) is 45.1 Å². The van der Waals surface area contributed by atoms with E-state index in [2.05, 4.69) is 5.32 Å². The van der Waals surface area contributed by atoms with Gasteiger partial charge in [-0.2, -0.15) is 0 Å². The molecule has 2 amide bonds. The number of amides is 2. The van der Waals surface area contributed by atoms with E-state index in [0.717, 1.165) is 36.6 Å². The van der Waals surface area contributed by atoms with Gasteiger partial charge in [0.1, 0.15) is 0 Å². The van der Waals surface area contributed by atoms with Crippen molar-refractivity contribution >= 4 is 11.7 Å². The second-order valence-corrected chi connectivity index (χ2v) is 7.59. The summed E-state index contributed by atoms with van der Waals surface area (Å²) in [6.07, 6.45) is 4.34. The highest BCUT2D eigenvalue weighted by molar-refractivity contribution is 5.89. The van der Waals surface area contributed by atoms with Crippen LogP contribution in [0.4, 0.5) is 10.5 Å². The van der Waals surface area contributed by atoms with Crippen molar-refractivity contribution in [2.45, 2.75) is 57.8 Å². The van der Waals surface area contributed by atoms with Crippen LogP contribution >= 0.6 is 0 Å². The predicted octanol–water partition coefficient (Wildman–Crippen LogP) is 3.38. The number of hydrogen-bond acceptors (Lipinski definition) is 3. The van der Waals surface area contributed by atoms with Gasteiger partial charge in [-0.05, 0) is 63.1 Å². The third kappa shape index (κ3) is 4.48. The summed E-state index contributed by atoms with van der Waals surface area (Å²) in [6, 6.07) is 7.51. The Labute approximate surface area is 144 Å². The summed E-state index contributed by atoms with van der Waals surface area (Å²) >= 11 is 0. The minimum atomic E-state index is -0.883. The van der Waals surface area contributed by atoms with Crippen molar-refractivity contribution < 1.29 is 14.6 Å². The van der Waals surface area contributed by atoms with Crippen molar-refractivity contribution in [1.29, 1.82) is 0 Å². The number of urea groups is 1. The molecule has 2 N–H and O–H groups in total. The Bertz CT molecular complexity index is 578. The fourth-order valence-corrected chi connectivity index (χ4v) is 3.31. The molecule has 1 aliphatic heterocycles. The molecule has 1 aromatic rings. The first kappa shape index (κ1) is 17.2. The monoisotopic (exact) mass is 332 g/mol. The zero-order valence-corrected chi connectivity index (χ0v) is 14.6. The highest BCUT2D eigenvalue weighted by atomic mass is 16.5. The number of anilines is 1. The molecule has 1 aromatic carbocycles. The van der Waals surface area contributed by atoms with Crippen molar-refractivity contribution in [3.05, 3.63) is 29.8 Å². The first-order valence-electron chi connectivity index (χ1n) is 8.90. The second-order valence-electron chi connectivity index (χ2n) is 7.59. The highest BCUT2D eigenvalue weighted by Crippen LogP contribution is 2.29. The van der Waals surface area contributed by atoms with Crippen LogP contribution in [0.15, 0.2) is 24.3 Å². The number of carbonyl (C=O) groups excluding carboxylic acids is 1. The number of rotatable bonds is 6. The zero-order chi connectivity index (χ0) is 17.2. The van der Waals surface area contributed by atoms with Crippen LogP contribution in [0.3, 0.4) is 0 Å². The predicted molar refractivity (Wildman–Crippen MR) is 93.9 cm³/mol. The van der Waals surface area contributed by atoms with Crippen molar-refractivity contribution in [1.82, 2.24) is 4.90 Å². The molecule has 1 saturated heterocycles. The van der Waals surface area contributed by atoms with Gasteiger partial charge in [0.25, 0.3) is 0 Å². The molecule has 1 aliphatic carbocycles. The number of aliphatic hydroxyl groups is 1. The van der Waals surface area contributed by atoms with Crippen molar-refractivity contribution in [3.8, 4) is 0 Å². The number of nitrogens with zero attached hydrogens (tertiary/aromatic N) is 1. The average Bonchev–Trinajstić information content (AvgIpc) is 3.19. The first-order chi connectivity index (χ1) is 11.4. The Morgan fingerprint density at radius 2 is 2.17 bits per heavy atom. The van der Waals surface area contributed by atoms with Crippen LogP contribution in [-0.2, 0) is 11.3 Å². The largest absolute Gasteiger partial charge is 0.388 e. The molecule has 2 aliphatic rings. The second kappa shape index (κ2) is 7.11. The van der Waals surface area contributed by atoms with E-state index in [1.165, 1.54) is 12.8 Å². The Kier molecular flexibility index (Phi) is 5.11. The molecule has 1 unspecified atom stereocenters. The standard InChI is InChI=1S/C19H28N2O3/c1-19(2,23)17-7-4-10-21(17)18(22)20-16-6-3-5-15(11-16)13-24-12-14-8-9-14/h3,5-6,11,14,17,23H,4,7-10,12-13H2,1-2H3,(H,20,22). The summed E-state index contributed by atoms with van der Waals surface area (Å²) in [5, 5.41) is 13.2. The van der Waals surface area contributed by atoms with E-state index in [1.54, 1.807) is 18.7 Å². The lowest BCUT2D eigenvalue weighted by atomic mass is 9.97. The van der Waals surface area contributed by atoms with Crippen molar-refractivity contribution in [2.75, 3.05) is 18.5 Å². The molecule has 0 spiro atoms. The van der Waals surface area contributed by atoms with Crippen LogP contribution in [0, 0.1) is 5.92 Å². The van der Waals surface area contributed by atoms with E-state index in [0.29, 0.717) is 13.2 Å². The number of carbonyl (C=O) groups is 1. The van der Waals surface area contributed by atoms with E-state index in [1.807, 2.05) is 24.3 Å². The maximum atomic E-state index is 12.6. The van der Waals surface area contributed by atoms with Gasteiger partial charge in [-0.15, -0.1) is 0 Å². The third-order valence-corrected chi connectivity index (χ3v) is 4.83. The van der Waals surface area contributed by atoms with E-state index in [9.17, 15) is 9.90 Å². The molecule has 0 radical (unpaired) electrons. The lowest BCUT2D eigenvalue weighted by Crippen LogP contribution is -2.49. The smallest absolute Gasteiger partial charge is 0.322 e. The van der Waals surface area contributed by atoms with Gasteiger partial charge in [0, 0.05) is 18.8 Å². The van der Waals surface area contributed by atoms with Crippen LogP contribution in [0.25, 0.3) is 0 Å². The van der Waals surface area contributed by atoms with Crippen LogP contribution in [-0.4, -0.2) is 40.8 Å². The Morgan fingerprint density at radius 3 is 2.88 bits per heavy atom. The number of ether oxygens (including phenoxy) is 1. The summed E-state index contributed by atoms with van der Waals surface area (Å²) < 4.78 is 5.71. The average molecular weight is 332 g/mol. The van der Waals surface area contributed by atoms with Gasteiger partial charge in [0.2, 0.25) is 0 Å². The minimum Gasteiger partial charge on any atom is -0.388 e. The van der Waals surface area contributed by atoms with Gasteiger partial charge in [-0.25, -0.2) is 4.79 Å². The molecule has 1 saturated carbocycles. The maximum Gasteiger partial charge on any atom is 0.322 e. The fourth-order valence-electron chi connectivity index (χ4n) is 3.31. The Hall–Kier alpha value is -1.59. The number of likely N-dealkylation sites (tertiary alicyclic amines) is 1. The number of nitrogens with one attached hydrogen (secondary N) is 1. The molecule has 132 valence electrons. The molecule has 3 rings (SSSR count). The van der Waals surface area contributed by atoms with Gasteiger partial charge in [-0.3, -0.25) is 0 Å². The molecule has 1 atom stereocenters.